The van der Waals surface area contributed by atoms with Crippen LogP contribution in [0, 0.1) is 18.6 Å². The molecule has 0 spiro atoms. The molecule has 8 heteroatoms. The van der Waals surface area contributed by atoms with E-state index in [1.54, 1.807) is 4.68 Å². The van der Waals surface area contributed by atoms with E-state index < -0.39 is 0 Å². The summed E-state index contributed by atoms with van der Waals surface area (Å²) in [6.45, 7) is 9.05. The third-order valence-electron chi connectivity index (χ3n) is 5.25. The van der Waals surface area contributed by atoms with Gasteiger partial charge in [0.2, 0.25) is 4.77 Å². The molecule has 3 aromatic rings. The Morgan fingerprint density at radius 1 is 1.07 bits per heavy atom. The molecule has 1 aliphatic heterocycles. The summed E-state index contributed by atoms with van der Waals surface area (Å²) in [4.78, 5) is 7.16. The second-order valence-electron chi connectivity index (χ2n) is 7.08. The molecule has 140 valence electrons. The molecule has 0 atom stereocenters. The first-order valence-corrected chi connectivity index (χ1v) is 9.68. The average molecular weight is 384 g/mol. The number of pyridine rings is 1. The number of nitrogens with one attached hydrogen (secondary N) is 2. The number of nitrogens with zero attached hydrogens (tertiary/aromatic N) is 5. The minimum atomic E-state index is 0.643. The molecule has 1 saturated heterocycles. The number of aromatic nitrogens is 5. The summed E-state index contributed by atoms with van der Waals surface area (Å²) in [6, 6.07) is 12.4. The molecule has 27 heavy (non-hydrogen) atoms. The molecule has 3 heterocycles. The normalized spacial score (nSPS) is 15.3. The largest absolute Gasteiger partial charge is 0.310 e. The van der Waals surface area contributed by atoms with Crippen LogP contribution in [0.1, 0.15) is 11.1 Å². The van der Waals surface area contributed by atoms with E-state index >= 15 is 0 Å². The Hall–Kier alpha value is -2.58. The molecule has 0 saturated carbocycles. The van der Waals surface area contributed by atoms with Crippen molar-refractivity contribution in [2.24, 2.45) is 0 Å². The predicted octanol–water partition coefficient (Wildman–Crippen LogP) is 0.592. The van der Waals surface area contributed by atoms with Crippen molar-refractivity contribution in [3.05, 3.63) is 58.5 Å². The zero-order chi connectivity index (χ0) is 18.8. The molecule has 1 fully saturated rings. The van der Waals surface area contributed by atoms with Crippen molar-refractivity contribution < 1.29 is 9.88 Å². The van der Waals surface area contributed by atoms with Gasteiger partial charge in [0, 0.05) is 6.07 Å². The number of quaternary nitrogens is 1. The number of aryl methyl sites for hydroxylation is 2. The molecule has 0 unspecified atom stereocenters. The maximum absolute atomic E-state index is 5.62. The van der Waals surface area contributed by atoms with Crippen molar-refractivity contribution in [1.82, 2.24) is 19.8 Å². The van der Waals surface area contributed by atoms with Crippen molar-refractivity contribution in [3.8, 4) is 5.69 Å². The Labute approximate surface area is 163 Å². The van der Waals surface area contributed by atoms with Crippen molar-refractivity contribution in [2.75, 3.05) is 31.1 Å². The van der Waals surface area contributed by atoms with Gasteiger partial charge in [0.1, 0.15) is 26.2 Å². The molecular formula is C19H25N7S+2. The van der Waals surface area contributed by atoms with Crippen LogP contribution in [0.4, 0.5) is 5.82 Å². The van der Waals surface area contributed by atoms with Crippen LogP contribution in [0.25, 0.3) is 5.69 Å². The summed E-state index contributed by atoms with van der Waals surface area (Å²) in [7, 11) is 0. The number of benzene rings is 1. The SMILES string of the molecule is Cc1ccc(-n2nnn(C[NH+]3CCN(c4cccc[nH+]4)CC3)c2=S)cc1C. The Morgan fingerprint density at radius 2 is 1.89 bits per heavy atom. The predicted molar refractivity (Wildman–Crippen MR) is 106 cm³/mol. The van der Waals surface area contributed by atoms with Crippen LogP contribution in [0.15, 0.2) is 42.6 Å². The van der Waals surface area contributed by atoms with Crippen molar-refractivity contribution in [3.63, 3.8) is 0 Å². The lowest BCUT2D eigenvalue weighted by molar-refractivity contribution is -0.924. The van der Waals surface area contributed by atoms with E-state index in [0.717, 1.165) is 38.5 Å². The highest BCUT2D eigenvalue weighted by molar-refractivity contribution is 7.71. The van der Waals surface area contributed by atoms with Crippen LogP contribution in [-0.4, -0.2) is 46.0 Å². The molecule has 0 amide bonds. The number of tetrazole rings is 1. The van der Waals surface area contributed by atoms with Gasteiger partial charge in [-0.1, -0.05) is 12.1 Å². The van der Waals surface area contributed by atoms with Gasteiger partial charge >= 0.3 is 0 Å². The van der Waals surface area contributed by atoms with Crippen LogP contribution in [0.2, 0.25) is 0 Å². The zero-order valence-electron chi connectivity index (χ0n) is 15.7. The molecule has 7 nitrogen and oxygen atoms in total. The van der Waals surface area contributed by atoms with Gasteiger partial charge < -0.3 is 4.90 Å². The molecular weight excluding hydrogens is 358 g/mol. The smallest absolute Gasteiger partial charge is 0.274 e. The molecule has 0 aliphatic carbocycles. The molecule has 4 rings (SSSR count). The van der Waals surface area contributed by atoms with Gasteiger partial charge in [-0.3, -0.25) is 4.90 Å². The summed E-state index contributed by atoms with van der Waals surface area (Å²) in [5.74, 6) is 1.17. The maximum Gasteiger partial charge on any atom is 0.274 e. The number of rotatable bonds is 4. The quantitative estimate of drug-likeness (QED) is 0.670. The summed E-state index contributed by atoms with van der Waals surface area (Å²) in [5.41, 5.74) is 3.45. The Balaban J connectivity index is 1.43. The fourth-order valence-corrected chi connectivity index (χ4v) is 3.65. The number of hydrogen-bond donors (Lipinski definition) is 1. The molecule has 2 aromatic heterocycles. The minimum absolute atomic E-state index is 0.643. The summed E-state index contributed by atoms with van der Waals surface area (Å²) in [6.07, 6.45) is 1.97. The summed E-state index contributed by atoms with van der Waals surface area (Å²) in [5, 5.41) is 8.58. The third kappa shape index (κ3) is 3.77. The lowest BCUT2D eigenvalue weighted by Crippen LogP contribution is -3.14. The first-order valence-electron chi connectivity index (χ1n) is 9.27. The van der Waals surface area contributed by atoms with Gasteiger partial charge in [-0.05, 0) is 65.8 Å². The number of hydrogen-bond acceptors (Lipinski definition) is 4. The third-order valence-corrected chi connectivity index (χ3v) is 5.64. The van der Waals surface area contributed by atoms with Crippen LogP contribution in [0.5, 0.6) is 0 Å². The van der Waals surface area contributed by atoms with Crippen molar-refractivity contribution >= 4 is 18.0 Å². The summed E-state index contributed by atoms with van der Waals surface area (Å²) >= 11 is 5.62. The van der Waals surface area contributed by atoms with E-state index in [-0.39, 0.29) is 0 Å². The number of piperazine rings is 1. The van der Waals surface area contributed by atoms with E-state index in [1.807, 2.05) is 23.0 Å². The fraction of sp³-hybridized carbons (Fsp3) is 0.368. The van der Waals surface area contributed by atoms with E-state index in [9.17, 15) is 0 Å². The van der Waals surface area contributed by atoms with E-state index in [1.165, 1.54) is 21.8 Å². The second-order valence-corrected chi connectivity index (χ2v) is 7.45. The van der Waals surface area contributed by atoms with Gasteiger partial charge in [-0.25, -0.2) is 4.98 Å². The van der Waals surface area contributed by atoms with Crippen LogP contribution in [0.3, 0.4) is 0 Å². The first kappa shape index (κ1) is 17.8. The van der Waals surface area contributed by atoms with Crippen molar-refractivity contribution in [1.29, 1.82) is 0 Å². The Bertz CT molecular complexity index is 971. The lowest BCUT2D eigenvalue weighted by atomic mass is 10.1. The number of anilines is 1. The molecule has 2 N–H and O–H groups in total. The van der Waals surface area contributed by atoms with Crippen LogP contribution < -0.4 is 14.8 Å². The topological polar surface area (TPSA) is 57.5 Å². The van der Waals surface area contributed by atoms with Crippen molar-refractivity contribution in [2.45, 2.75) is 20.5 Å². The molecule has 0 bridgehead atoms. The van der Waals surface area contributed by atoms with E-state index in [4.69, 9.17) is 12.2 Å². The highest BCUT2D eigenvalue weighted by atomic mass is 32.1. The molecule has 0 radical (unpaired) electrons. The fourth-order valence-electron chi connectivity index (χ4n) is 3.41. The van der Waals surface area contributed by atoms with Gasteiger partial charge in [-0.15, -0.1) is 0 Å². The molecule has 1 aromatic carbocycles. The Kier molecular flexibility index (Phi) is 5.00. The van der Waals surface area contributed by atoms with Gasteiger partial charge in [0.05, 0.1) is 11.9 Å². The highest BCUT2D eigenvalue weighted by Gasteiger charge is 2.26. The lowest BCUT2D eigenvalue weighted by Gasteiger charge is -2.27. The van der Waals surface area contributed by atoms with E-state index in [2.05, 4.69) is 58.4 Å². The second kappa shape index (κ2) is 7.58. The highest BCUT2D eigenvalue weighted by Crippen LogP contribution is 2.13. The Morgan fingerprint density at radius 3 is 2.59 bits per heavy atom. The van der Waals surface area contributed by atoms with Crippen LogP contribution >= 0.6 is 12.2 Å². The monoisotopic (exact) mass is 383 g/mol. The van der Waals surface area contributed by atoms with Gasteiger partial charge in [-0.2, -0.15) is 9.36 Å². The average Bonchev–Trinajstić information content (AvgIpc) is 3.06. The van der Waals surface area contributed by atoms with Crippen LogP contribution in [-0.2, 0) is 6.67 Å². The van der Waals surface area contributed by atoms with E-state index in [0.29, 0.717) is 4.77 Å². The van der Waals surface area contributed by atoms with Gasteiger partial charge in [0.25, 0.3) is 5.82 Å². The first-order chi connectivity index (χ1) is 13.1. The standard InChI is InChI=1S/C19H23N7S/c1-15-6-7-17(13-16(15)2)26-19(27)25(21-22-26)14-23-9-11-24(12-10-23)18-5-3-4-8-20-18/h3-8,13H,9-12,14H2,1-2H3/p+2. The number of H-pyrrole nitrogens is 1. The summed E-state index contributed by atoms with van der Waals surface area (Å²) < 4.78 is 4.23. The maximum atomic E-state index is 5.62. The number of aromatic amines is 1. The van der Waals surface area contributed by atoms with Gasteiger partial charge in [0.15, 0.2) is 6.67 Å². The molecule has 1 aliphatic rings. The zero-order valence-corrected chi connectivity index (χ0v) is 16.5. The minimum Gasteiger partial charge on any atom is -0.310 e.